The fourth-order valence-electron chi connectivity index (χ4n) is 9.03. The van der Waals surface area contributed by atoms with Gasteiger partial charge in [0.05, 0.1) is 0 Å². The Hall–Kier alpha value is -1.85. The van der Waals surface area contributed by atoms with Gasteiger partial charge in [0.25, 0.3) is 0 Å². The summed E-state index contributed by atoms with van der Waals surface area (Å²) in [7, 11) is 0. The summed E-state index contributed by atoms with van der Waals surface area (Å²) < 4.78 is 16.8. The molecular weight excluding hydrogens is 817 g/mol. The van der Waals surface area contributed by atoms with E-state index in [-0.39, 0.29) is 31.1 Å². The highest BCUT2D eigenvalue weighted by atomic mass is 16.6. The molecule has 0 fully saturated rings. The summed E-state index contributed by atoms with van der Waals surface area (Å²) >= 11 is 0. The molecule has 0 bridgehead atoms. The van der Waals surface area contributed by atoms with Crippen molar-refractivity contribution in [3.63, 3.8) is 0 Å². The molecule has 0 rings (SSSR count). The van der Waals surface area contributed by atoms with Crippen LogP contribution in [0.15, 0.2) is 12.2 Å². The van der Waals surface area contributed by atoms with Crippen molar-refractivity contribution in [3.05, 3.63) is 12.2 Å². The number of allylic oxidation sites excluding steroid dienone is 2. The normalized spacial score (nSPS) is 12.0. The Balaban J connectivity index is 4.07. The van der Waals surface area contributed by atoms with Gasteiger partial charge in [-0.15, -0.1) is 0 Å². The molecule has 0 aromatic carbocycles. The lowest BCUT2D eigenvalue weighted by Crippen LogP contribution is -2.30. The van der Waals surface area contributed by atoms with E-state index >= 15 is 0 Å². The smallest absolute Gasteiger partial charge is 0.306 e. The number of hydrogen-bond donors (Lipinski definition) is 0. The maximum Gasteiger partial charge on any atom is 0.306 e. The highest BCUT2D eigenvalue weighted by molar-refractivity contribution is 5.71. The van der Waals surface area contributed by atoms with Crippen molar-refractivity contribution in [2.24, 2.45) is 0 Å². The van der Waals surface area contributed by atoms with Gasteiger partial charge in [0, 0.05) is 19.3 Å². The summed E-state index contributed by atoms with van der Waals surface area (Å²) in [4.78, 5) is 37.9. The fourth-order valence-corrected chi connectivity index (χ4v) is 9.03. The highest BCUT2D eigenvalue weighted by Crippen LogP contribution is 2.17. The lowest BCUT2D eigenvalue weighted by atomic mass is 10.0. The van der Waals surface area contributed by atoms with Crippen LogP contribution in [-0.4, -0.2) is 37.2 Å². The molecule has 66 heavy (non-hydrogen) atoms. The standard InChI is InChI=1S/C60H114O6/c1-4-7-10-13-16-18-20-22-24-26-28-29-30-31-33-34-36-38-40-42-44-47-50-53-59(62)65-56-57(55-64-58(61)52-49-46-15-12-9-6-3)66-60(63)54-51-48-45-43-41-39-37-35-32-27-25-23-21-19-17-14-11-8-5-2/h26,28,57H,4-25,27,29-56H2,1-3H3/b28-26-. The number of carbonyl (C=O) groups excluding carboxylic acids is 3. The van der Waals surface area contributed by atoms with E-state index in [1.54, 1.807) is 0 Å². The van der Waals surface area contributed by atoms with E-state index in [0.29, 0.717) is 19.3 Å². The summed E-state index contributed by atoms with van der Waals surface area (Å²) in [6, 6.07) is 0. The minimum atomic E-state index is -0.763. The first-order chi connectivity index (χ1) is 32.5. The van der Waals surface area contributed by atoms with Crippen LogP contribution in [0.1, 0.15) is 335 Å². The first kappa shape index (κ1) is 64.2. The summed E-state index contributed by atoms with van der Waals surface area (Å²) in [6.45, 7) is 6.64. The SMILES string of the molecule is CCCCCCCCCC/C=C\CCCCCCCCCCCCCC(=O)OCC(COC(=O)CCCCCCCC)OC(=O)CCCCCCCCCCCCCCCCCCCCC. The van der Waals surface area contributed by atoms with E-state index in [1.807, 2.05) is 0 Å². The van der Waals surface area contributed by atoms with Crippen molar-refractivity contribution in [1.82, 2.24) is 0 Å². The van der Waals surface area contributed by atoms with Crippen LogP contribution in [0.25, 0.3) is 0 Å². The highest BCUT2D eigenvalue weighted by Gasteiger charge is 2.19. The Morgan fingerprint density at radius 2 is 0.500 bits per heavy atom. The van der Waals surface area contributed by atoms with Crippen LogP contribution < -0.4 is 0 Å². The molecule has 0 saturated carbocycles. The zero-order valence-corrected chi connectivity index (χ0v) is 44.7. The van der Waals surface area contributed by atoms with E-state index in [1.165, 1.54) is 238 Å². The van der Waals surface area contributed by atoms with Crippen LogP contribution in [0.4, 0.5) is 0 Å². The van der Waals surface area contributed by atoms with Gasteiger partial charge in [-0.05, 0) is 44.9 Å². The molecule has 0 aromatic heterocycles. The monoisotopic (exact) mass is 931 g/mol. The third-order valence-corrected chi connectivity index (χ3v) is 13.5. The third-order valence-electron chi connectivity index (χ3n) is 13.5. The quantitative estimate of drug-likeness (QED) is 0.0262. The molecular formula is C60H114O6. The fraction of sp³-hybridized carbons (Fsp3) is 0.917. The molecule has 0 amide bonds. The maximum absolute atomic E-state index is 12.8. The molecule has 0 aliphatic rings. The molecule has 0 radical (unpaired) electrons. The van der Waals surface area contributed by atoms with Gasteiger partial charge in [-0.1, -0.05) is 283 Å². The van der Waals surface area contributed by atoms with Gasteiger partial charge in [-0.2, -0.15) is 0 Å². The van der Waals surface area contributed by atoms with Gasteiger partial charge in [0.15, 0.2) is 6.10 Å². The summed E-state index contributed by atoms with van der Waals surface area (Å²) in [6.07, 6.45) is 63.9. The zero-order valence-electron chi connectivity index (χ0n) is 44.7. The van der Waals surface area contributed by atoms with Crippen LogP contribution in [-0.2, 0) is 28.6 Å². The van der Waals surface area contributed by atoms with Crippen molar-refractivity contribution in [2.75, 3.05) is 13.2 Å². The molecule has 0 aliphatic carbocycles. The van der Waals surface area contributed by atoms with Gasteiger partial charge in [0.1, 0.15) is 13.2 Å². The van der Waals surface area contributed by atoms with E-state index in [0.717, 1.165) is 57.8 Å². The second-order valence-electron chi connectivity index (χ2n) is 20.3. The molecule has 390 valence electrons. The van der Waals surface area contributed by atoms with Crippen LogP contribution >= 0.6 is 0 Å². The Kier molecular flexibility index (Phi) is 54.2. The molecule has 1 unspecified atom stereocenters. The van der Waals surface area contributed by atoms with Crippen LogP contribution in [0.2, 0.25) is 0 Å². The van der Waals surface area contributed by atoms with E-state index in [2.05, 4.69) is 32.9 Å². The molecule has 1 atom stereocenters. The van der Waals surface area contributed by atoms with Crippen molar-refractivity contribution in [2.45, 2.75) is 341 Å². The Morgan fingerprint density at radius 3 is 0.758 bits per heavy atom. The van der Waals surface area contributed by atoms with Crippen LogP contribution in [0.3, 0.4) is 0 Å². The molecule has 0 saturated heterocycles. The third kappa shape index (κ3) is 53.1. The van der Waals surface area contributed by atoms with Gasteiger partial charge >= 0.3 is 17.9 Å². The number of rotatable bonds is 55. The molecule has 6 nitrogen and oxygen atoms in total. The molecule has 0 aliphatic heterocycles. The number of esters is 3. The minimum Gasteiger partial charge on any atom is -0.462 e. The molecule has 0 heterocycles. The minimum absolute atomic E-state index is 0.0654. The van der Waals surface area contributed by atoms with E-state index in [4.69, 9.17) is 14.2 Å². The average molecular weight is 932 g/mol. The maximum atomic E-state index is 12.8. The van der Waals surface area contributed by atoms with Gasteiger partial charge in [0.2, 0.25) is 0 Å². The molecule has 0 spiro atoms. The van der Waals surface area contributed by atoms with Crippen molar-refractivity contribution < 1.29 is 28.6 Å². The first-order valence-electron chi connectivity index (χ1n) is 29.7. The van der Waals surface area contributed by atoms with Crippen molar-refractivity contribution >= 4 is 17.9 Å². The summed E-state index contributed by atoms with van der Waals surface area (Å²) in [5, 5.41) is 0. The molecule has 0 N–H and O–H groups in total. The van der Waals surface area contributed by atoms with Crippen LogP contribution in [0, 0.1) is 0 Å². The number of unbranched alkanes of at least 4 members (excludes halogenated alkanes) is 42. The predicted molar refractivity (Wildman–Crippen MR) is 284 cm³/mol. The van der Waals surface area contributed by atoms with Gasteiger partial charge < -0.3 is 14.2 Å². The zero-order chi connectivity index (χ0) is 47.9. The molecule has 0 aromatic rings. The predicted octanol–water partition coefficient (Wildman–Crippen LogP) is 19.7. The lowest BCUT2D eigenvalue weighted by Gasteiger charge is -2.18. The second-order valence-corrected chi connectivity index (χ2v) is 20.3. The number of hydrogen-bond acceptors (Lipinski definition) is 6. The largest absolute Gasteiger partial charge is 0.462 e. The Bertz CT molecular complexity index is 1020. The van der Waals surface area contributed by atoms with E-state index < -0.39 is 6.10 Å². The molecule has 6 heteroatoms. The van der Waals surface area contributed by atoms with Crippen LogP contribution in [0.5, 0.6) is 0 Å². The van der Waals surface area contributed by atoms with E-state index in [9.17, 15) is 14.4 Å². The van der Waals surface area contributed by atoms with Gasteiger partial charge in [-0.3, -0.25) is 14.4 Å². The first-order valence-corrected chi connectivity index (χ1v) is 29.7. The topological polar surface area (TPSA) is 78.9 Å². The second kappa shape index (κ2) is 55.7. The Labute approximate surface area is 411 Å². The number of ether oxygens (including phenoxy) is 3. The summed E-state index contributed by atoms with van der Waals surface area (Å²) in [5.41, 5.74) is 0. The Morgan fingerprint density at radius 1 is 0.288 bits per heavy atom. The summed E-state index contributed by atoms with van der Waals surface area (Å²) in [5.74, 6) is -0.853. The lowest BCUT2D eigenvalue weighted by molar-refractivity contribution is -0.167. The number of carbonyl (C=O) groups is 3. The van der Waals surface area contributed by atoms with Crippen molar-refractivity contribution in [1.29, 1.82) is 0 Å². The van der Waals surface area contributed by atoms with Gasteiger partial charge in [-0.25, -0.2) is 0 Å². The average Bonchev–Trinajstić information content (AvgIpc) is 3.31. The van der Waals surface area contributed by atoms with Crippen molar-refractivity contribution in [3.8, 4) is 0 Å².